The molecular weight excluding hydrogens is 328 g/mol. The molecule has 130 valence electrons. The molecule has 25 heavy (non-hydrogen) atoms. The van der Waals surface area contributed by atoms with Crippen LogP contribution in [0.4, 0.5) is 8.78 Å². The third-order valence-electron chi connectivity index (χ3n) is 4.38. The molecule has 3 rings (SSSR count). The van der Waals surface area contributed by atoms with Crippen LogP contribution in [0.3, 0.4) is 0 Å². The van der Waals surface area contributed by atoms with Crippen molar-refractivity contribution in [1.29, 1.82) is 0 Å². The second kappa shape index (κ2) is 7.01. The van der Waals surface area contributed by atoms with Crippen LogP contribution >= 0.6 is 0 Å². The van der Waals surface area contributed by atoms with Gasteiger partial charge in [0.2, 0.25) is 5.91 Å². The van der Waals surface area contributed by atoms with Crippen molar-refractivity contribution in [1.82, 2.24) is 5.32 Å². The summed E-state index contributed by atoms with van der Waals surface area (Å²) in [6.07, 6.45) is 0.905. The molecule has 2 aromatic carbocycles. The van der Waals surface area contributed by atoms with Gasteiger partial charge in [-0.05, 0) is 36.6 Å². The first-order valence-electron chi connectivity index (χ1n) is 8.02. The highest BCUT2D eigenvalue weighted by Crippen LogP contribution is 2.43. The van der Waals surface area contributed by atoms with E-state index in [1.54, 1.807) is 18.2 Å². The van der Waals surface area contributed by atoms with Crippen LogP contribution in [0, 0.1) is 11.6 Å². The third kappa shape index (κ3) is 3.84. The largest absolute Gasteiger partial charge is 0.478 e. The summed E-state index contributed by atoms with van der Waals surface area (Å²) in [7, 11) is 0. The number of hydrogen-bond acceptors (Lipinski definition) is 2. The van der Waals surface area contributed by atoms with E-state index < -0.39 is 17.6 Å². The highest BCUT2D eigenvalue weighted by molar-refractivity contribution is 5.89. The van der Waals surface area contributed by atoms with E-state index in [1.807, 2.05) is 0 Å². The average molecular weight is 345 g/mol. The van der Waals surface area contributed by atoms with E-state index in [-0.39, 0.29) is 35.4 Å². The van der Waals surface area contributed by atoms with Crippen LogP contribution in [-0.4, -0.2) is 23.0 Å². The minimum Gasteiger partial charge on any atom is -0.478 e. The van der Waals surface area contributed by atoms with Gasteiger partial charge in [0.15, 0.2) is 0 Å². The van der Waals surface area contributed by atoms with Gasteiger partial charge in [0.05, 0.1) is 5.56 Å². The van der Waals surface area contributed by atoms with Crippen LogP contribution in [0.25, 0.3) is 0 Å². The molecule has 2 aromatic rings. The van der Waals surface area contributed by atoms with Gasteiger partial charge in [-0.2, -0.15) is 0 Å². The first-order chi connectivity index (χ1) is 12.0. The molecule has 2 unspecified atom stereocenters. The fourth-order valence-electron chi connectivity index (χ4n) is 3.01. The summed E-state index contributed by atoms with van der Waals surface area (Å²) >= 11 is 0. The lowest BCUT2D eigenvalue weighted by Crippen LogP contribution is -2.27. The average Bonchev–Trinajstić information content (AvgIpc) is 3.31. The van der Waals surface area contributed by atoms with E-state index in [4.69, 9.17) is 5.11 Å². The van der Waals surface area contributed by atoms with Crippen LogP contribution in [0.1, 0.15) is 40.2 Å². The molecular formula is C19H17F2NO3. The Labute approximate surface area is 143 Å². The van der Waals surface area contributed by atoms with Crippen molar-refractivity contribution in [2.75, 3.05) is 0 Å². The van der Waals surface area contributed by atoms with Gasteiger partial charge in [-0.3, -0.25) is 4.79 Å². The number of aromatic carboxylic acids is 1. The Morgan fingerprint density at radius 1 is 1.08 bits per heavy atom. The van der Waals surface area contributed by atoms with Crippen molar-refractivity contribution in [2.45, 2.75) is 31.2 Å². The molecule has 0 saturated heterocycles. The van der Waals surface area contributed by atoms with Crippen molar-refractivity contribution >= 4 is 11.9 Å². The van der Waals surface area contributed by atoms with Crippen LogP contribution in [-0.2, 0) is 11.2 Å². The molecule has 2 N–H and O–H groups in total. The normalized spacial score (nSPS) is 18.6. The first kappa shape index (κ1) is 17.1. The number of carboxylic acids is 1. The SMILES string of the molecule is O=C(CCc1ccccc1C(=O)O)NC1CC1c1c(F)cccc1F. The molecule has 1 fully saturated rings. The van der Waals surface area contributed by atoms with E-state index in [2.05, 4.69) is 5.32 Å². The maximum Gasteiger partial charge on any atom is 0.335 e. The maximum atomic E-state index is 13.7. The fourth-order valence-corrected chi connectivity index (χ4v) is 3.01. The predicted octanol–water partition coefficient (Wildman–Crippen LogP) is 3.27. The standard InChI is InChI=1S/C19H17F2NO3/c20-14-6-3-7-15(21)18(14)13-10-16(13)22-17(23)9-8-11-4-1-2-5-12(11)19(24)25/h1-7,13,16H,8-10H2,(H,22,23)(H,24,25). The lowest BCUT2D eigenvalue weighted by Gasteiger charge is -2.08. The summed E-state index contributed by atoms with van der Waals surface area (Å²) in [6, 6.07) is 9.95. The Balaban J connectivity index is 1.56. The molecule has 0 aliphatic heterocycles. The quantitative estimate of drug-likeness (QED) is 0.844. The van der Waals surface area contributed by atoms with E-state index in [0.717, 1.165) is 0 Å². The smallest absolute Gasteiger partial charge is 0.335 e. The molecule has 0 radical (unpaired) electrons. The van der Waals surface area contributed by atoms with E-state index in [0.29, 0.717) is 18.4 Å². The number of benzene rings is 2. The van der Waals surface area contributed by atoms with E-state index >= 15 is 0 Å². The number of carboxylic acid groups (broad SMARTS) is 1. The second-order valence-corrected chi connectivity index (χ2v) is 6.11. The molecule has 1 saturated carbocycles. The molecule has 0 spiro atoms. The number of nitrogens with one attached hydrogen (secondary N) is 1. The Morgan fingerprint density at radius 3 is 2.44 bits per heavy atom. The number of rotatable bonds is 6. The summed E-state index contributed by atoms with van der Waals surface area (Å²) in [5.41, 5.74) is 0.773. The van der Waals surface area contributed by atoms with Crippen LogP contribution in [0.15, 0.2) is 42.5 Å². The number of carbonyl (C=O) groups excluding carboxylic acids is 1. The summed E-state index contributed by atoms with van der Waals surface area (Å²) in [4.78, 5) is 23.2. The van der Waals surface area contributed by atoms with Gasteiger partial charge in [-0.15, -0.1) is 0 Å². The number of amides is 1. The Morgan fingerprint density at radius 2 is 1.76 bits per heavy atom. The van der Waals surface area contributed by atoms with Gasteiger partial charge in [0, 0.05) is 23.9 Å². The zero-order chi connectivity index (χ0) is 18.0. The molecule has 2 atom stereocenters. The fraction of sp³-hybridized carbons (Fsp3) is 0.263. The zero-order valence-corrected chi connectivity index (χ0v) is 13.3. The predicted molar refractivity (Wildman–Crippen MR) is 87.4 cm³/mol. The van der Waals surface area contributed by atoms with Crippen molar-refractivity contribution < 1.29 is 23.5 Å². The van der Waals surface area contributed by atoms with Crippen molar-refractivity contribution in [3.05, 3.63) is 70.8 Å². The van der Waals surface area contributed by atoms with Gasteiger partial charge in [0.1, 0.15) is 11.6 Å². The Bertz CT molecular complexity index is 802. The topological polar surface area (TPSA) is 66.4 Å². The third-order valence-corrected chi connectivity index (χ3v) is 4.38. The van der Waals surface area contributed by atoms with E-state index in [1.165, 1.54) is 24.3 Å². The maximum absolute atomic E-state index is 13.7. The molecule has 0 heterocycles. The lowest BCUT2D eigenvalue weighted by atomic mass is 10.0. The minimum atomic E-state index is -1.03. The van der Waals surface area contributed by atoms with Crippen LogP contribution < -0.4 is 5.32 Å². The van der Waals surface area contributed by atoms with Gasteiger partial charge in [-0.1, -0.05) is 24.3 Å². The summed E-state index contributed by atoms with van der Waals surface area (Å²) in [6.45, 7) is 0. The molecule has 0 aromatic heterocycles. The summed E-state index contributed by atoms with van der Waals surface area (Å²) < 4.78 is 27.5. The van der Waals surface area contributed by atoms with Gasteiger partial charge in [-0.25, -0.2) is 13.6 Å². The van der Waals surface area contributed by atoms with Crippen molar-refractivity contribution in [2.24, 2.45) is 0 Å². The number of aryl methyl sites for hydroxylation is 1. The highest BCUT2D eigenvalue weighted by Gasteiger charge is 2.42. The zero-order valence-electron chi connectivity index (χ0n) is 13.3. The molecule has 4 nitrogen and oxygen atoms in total. The van der Waals surface area contributed by atoms with Crippen LogP contribution in [0.5, 0.6) is 0 Å². The van der Waals surface area contributed by atoms with Crippen molar-refractivity contribution in [3.63, 3.8) is 0 Å². The molecule has 1 amide bonds. The number of halogens is 2. The Hall–Kier alpha value is -2.76. The second-order valence-electron chi connectivity index (χ2n) is 6.11. The van der Waals surface area contributed by atoms with Gasteiger partial charge in [0.25, 0.3) is 0 Å². The monoisotopic (exact) mass is 345 g/mol. The lowest BCUT2D eigenvalue weighted by molar-refractivity contribution is -0.121. The van der Waals surface area contributed by atoms with E-state index in [9.17, 15) is 18.4 Å². The highest BCUT2D eigenvalue weighted by atomic mass is 19.1. The number of hydrogen-bond donors (Lipinski definition) is 2. The van der Waals surface area contributed by atoms with Crippen LogP contribution in [0.2, 0.25) is 0 Å². The molecule has 0 bridgehead atoms. The Kier molecular flexibility index (Phi) is 4.79. The summed E-state index contributed by atoms with van der Waals surface area (Å²) in [5.74, 6) is -2.84. The van der Waals surface area contributed by atoms with Crippen molar-refractivity contribution in [3.8, 4) is 0 Å². The molecule has 1 aliphatic carbocycles. The molecule has 6 heteroatoms. The summed E-state index contributed by atoms with van der Waals surface area (Å²) in [5, 5.41) is 11.9. The minimum absolute atomic E-state index is 0.0176. The van der Waals surface area contributed by atoms with Gasteiger partial charge >= 0.3 is 5.97 Å². The molecule has 1 aliphatic rings. The first-order valence-corrected chi connectivity index (χ1v) is 8.02. The van der Waals surface area contributed by atoms with Gasteiger partial charge < -0.3 is 10.4 Å². The number of carbonyl (C=O) groups is 2.